The van der Waals surface area contributed by atoms with Crippen molar-refractivity contribution in [1.82, 2.24) is 4.90 Å². The van der Waals surface area contributed by atoms with Crippen molar-refractivity contribution in [2.75, 3.05) is 26.1 Å². The minimum Gasteiger partial charge on any atom is -0.496 e. The molecule has 0 heterocycles. The van der Waals surface area contributed by atoms with E-state index in [4.69, 9.17) is 9.47 Å². The number of likely N-dealkylation sites (N-methyl/N-ethyl adjacent to an activating group) is 1. The second-order valence-electron chi connectivity index (χ2n) is 6.98. The van der Waals surface area contributed by atoms with E-state index in [0.717, 1.165) is 18.4 Å². The van der Waals surface area contributed by atoms with E-state index >= 15 is 0 Å². The molecule has 2 aromatic rings. The number of nitrogens with zero attached hydrogens (tertiary/aromatic N) is 1. The largest absolute Gasteiger partial charge is 0.496 e. The van der Waals surface area contributed by atoms with Crippen LogP contribution < -0.4 is 10.1 Å². The second-order valence-corrected chi connectivity index (χ2v) is 6.98. The summed E-state index contributed by atoms with van der Waals surface area (Å²) in [5.41, 5.74) is 1.81. The summed E-state index contributed by atoms with van der Waals surface area (Å²) in [5, 5.41) is 2.81. The van der Waals surface area contributed by atoms with Crippen LogP contribution in [0.1, 0.15) is 28.8 Å². The van der Waals surface area contributed by atoms with E-state index in [9.17, 15) is 14.4 Å². The quantitative estimate of drug-likeness (QED) is 0.694. The lowest BCUT2D eigenvalue weighted by Gasteiger charge is -2.18. The Balaban J connectivity index is 1.48. The Kier molecular flexibility index (Phi) is 6.49. The van der Waals surface area contributed by atoms with Gasteiger partial charge in [-0.15, -0.1) is 0 Å². The molecule has 0 saturated heterocycles. The molecular formula is C22H24N2O5. The Morgan fingerprint density at radius 1 is 1.07 bits per heavy atom. The van der Waals surface area contributed by atoms with Gasteiger partial charge in [-0.1, -0.05) is 18.2 Å². The molecule has 0 bridgehead atoms. The zero-order chi connectivity index (χ0) is 20.8. The molecule has 1 saturated carbocycles. The van der Waals surface area contributed by atoms with Crippen molar-refractivity contribution in [3.63, 3.8) is 0 Å². The third-order valence-electron chi connectivity index (χ3n) is 4.69. The van der Waals surface area contributed by atoms with Gasteiger partial charge >= 0.3 is 5.97 Å². The van der Waals surface area contributed by atoms with Gasteiger partial charge in [0.1, 0.15) is 5.75 Å². The van der Waals surface area contributed by atoms with Crippen molar-refractivity contribution in [2.24, 2.45) is 5.92 Å². The first-order valence-corrected chi connectivity index (χ1v) is 9.42. The SMILES string of the molecule is COc1ccccc1CN(C)C(=O)COC(=O)c1ccc(NC(=O)C2CC2)cc1. The molecule has 2 amide bonds. The normalized spacial score (nSPS) is 12.8. The number of hydrogen-bond acceptors (Lipinski definition) is 5. The van der Waals surface area contributed by atoms with Crippen molar-refractivity contribution in [3.8, 4) is 5.75 Å². The number of amides is 2. The molecule has 0 atom stereocenters. The highest BCUT2D eigenvalue weighted by molar-refractivity contribution is 5.95. The molecule has 0 aliphatic heterocycles. The lowest BCUT2D eigenvalue weighted by Crippen LogP contribution is -2.31. The molecule has 0 unspecified atom stereocenters. The fourth-order valence-electron chi connectivity index (χ4n) is 2.78. The molecule has 1 fully saturated rings. The van der Waals surface area contributed by atoms with Crippen LogP contribution in [-0.2, 0) is 20.9 Å². The molecule has 0 spiro atoms. The summed E-state index contributed by atoms with van der Waals surface area (Å²) in [6.07, 6.45) is 1.85. The van der Waals surface area contributed by atoms with Crippen molar-refractivity contribution in [3.05, 3.63) is 59.7 Å². The zero-order valence-electron chi connectivity index (χ0n) is 16.5. The van der Waals surface area contributed by atoms with Gasteiger partial charge in [0.2, 0.25) is 5.91 Å². The number of esters is 1. The first kappa shape index (κ1) is 20.4. The maximum absolute atomic E-state index is 12.3. The number of para-hydroxylation sites is 1. The lowest BCUT2D eigenvalue weighted by atomic mass is 10.2. The number of hydrogen-bond donors (Lipinski definition) is 1. The molecule has 152 valence electrons. The Hall–Kier alpha value is -3.35. The number of ether oxygens (including phenoxy) is 2. The summed E-state index contributed by atoms with van der Waals surface area (Å²) < 4.78 is 10.4. The zero-order valence-corrected chi connectivity index (χ0v) is 16.5. The van der Waals surface area contributed by atoms with Crippen LogP contribution in [0.25, 0.3) is 0 Å². The van der Waals surface area contributed by atoms with Crippen LogP contribution in [0.15, 0.2) is 48.5 Å². The van der Waals surface area contributed by atoms with Crippen molar-refractivity contribution >= 4 is 23.5 Å². The van der Waals surface area contributed by atoms with Gasteiger partial charge < -0.3 is 19.7 Å². The summed E-state index contributed by atoms with van der Waals surface area (Å²) in [6, 6.07) is 13.8. The van der Waals surface area contributed by atoms with Crippen LogP contribution in [0.3, 0.4) is 0 Å². The van der Waals surface area contributed by atoms with E-state index in [-0.39, 0.29) is 24.3 Å². The average Bonchev–Trinajstić information content (AvgIpc) is 3.58. The first-order chi connectivity index (χ1) is 14.0. The van der Waals surface area contributed by atoms with E-state index in [1.807, 2.05) is 24.3 Å². The molecule has 29 heavy (non-hydrogen) atoms. The minimum atomic E-state index is -0.593. The number of nitrogens with one attached hydrogen (secondary N) is 1. The van der Waals surface area contributed by atoms with Gasteiger partial charge in [-0.25, -0.2) is 4.79 Å². The van der Waals surface area contributed by atoms with Crippen LogP contribution in [0, 0.1) is 5.92 Å². The highest BCUT2D eigenvalue weighted by atomic mass is 16.5. The number of carbonyl (C=O) groups is 3. The monoisotopic (exact) mass is 396 g/mol. The number of methoxy groups -OCH3 is 1. The molecule has 3 rings (SSSR count). The summed E-state index contributed by atoms with van der Waals surface area (Å²) in [4.78, 5) is 37.7. The standard InChI is InChI=1S/C22H24N2O5/c1-24(13-17-5-3-4-6-19(17)28-2)20(25)14-29-22(27)16-9-11-18(12-10-16)23-21(26)15-7-8-15/h3-6,9-12,15H,7-8,13-14H2,1-2H3,(H,23,26). The molecule has 0 radical (unpaired) electrons. The number of anilines is 1. The predicted molar refractivity (Wildman–Crippen MR) is 108 cm³/mol. The highest BCUT2D eigenvalue weighted by Gasteiger charge is 2.29. The summed E-state index contributed by atoms with van der Waals surface area (Å²) in [5.74, 6) is -0.109. The van der Waals surface area contributed by atoms with Gasteiger partial charge in [0, 0.05) is 30.8 Å². The Bertz CT molecular complexity index is 890. The predicted octanol–water partition coefficient (Wildman–Crippen LogP) is 2.86. The maximum atomic E-state index is 12.3. The molecule has 2 aromatic carbocycles. The lowest BCUT2D eigenvalue weighted by molar-refractivity contribution is -0.133. The van der Waals surface area contributed by atoms with Gasteiger partial charge in [0.15, 0.2) is 6.61 Å². The molecule has 1 aliphatic rings. The fraction of sp³-hybridized carbons (Fsp3) is 0.318. The number of carbonyl (C=O) groups excluding carboxylic acids is 3. The molecule has 1 N–H and O–H groups in total. The third kappa shape index (κ3) is 5.57. The third-order valence-corrected chi connectivity index (χ3v) is 4.69. The van der Waals surface area contributed by atoms with E-state index in [2.05, 4.69) is 5.32 Å². The van der Waals surface area contributed by atoms with Gasteiger partial charge in [0.25, 0.3) is 5.91 Å². The fourth-order valence-corrected chi connectivity index (χ4v) is 2.78. The molecular weight excluding hydrogens is 372 g/mol. The molecule has 0 aromatic heterocycles. The van der Waals surface area contributed by atoms with Gasteiger partial charge in [-0.05, 0) is 43.2 Å². The Morgan fingerprint density at radius 2 is 1.76 bits per heavy atom. The molecule has 1 aliphatic carbocycles. The average molecular weight is 396 g/mol. The minimum absolute atomic E-state index is 0.00371. The highest BCUT2D eigenvalue weighted by Crippen LogP contribution is 2.30. The summed E-state index contributed by atoms with van der Waals surface area (Å²) in [6.45, 7) is -0.0135. The molecule has 7 heteroatoms. The summed E-state index contributed by atoms with van der Waals surface area (Å²) >= 11 is 0. The first-order valence-electron chi connectivity index (χ1n) is 9.42. The van der Waals surface area contributed by atoms with E-state index < -0.39 is 5.97 Å². The smallest absolute Gasteiger partial charge is 0.338 e. The Morgan fingerprint density at radius 3 is 2.41 bits per heavy atom. The topological polar surface area (TPSA) is 84.9 Å². The van der Waals surface area contributed by atoms with Crippen LogP contribution in [-0.4, -0.2) is 43.4 Å². The van der Waals surface area contributed by atoms with Crippen molar-refractivity contribution in [2.45, 2.75) is 19.4 Å². The van der Waals surface area contributed by atoms with Gasteiger partial charge in [0.05, 0.1) is 12.7 Å². The van der Waals surface area contributed by atoms with Crippen LogP contribution in [0.2, 0.25) is 0 Å². The molecule has 7 nitrogen and oxygen atoms in total. The van der Waals surface area contributed by atoms with Crippen molar-refractivity contribution in [1.29, 1.82) is 0 Å². The van der Waals surface area contributed by atoms with E-state index in [1.54, 1.807) is 38.4 Å². The number of benzene rings is 2. The van der Waals surface area contributed by atoms with Crippen LogP contribution in [0.5, 0.6) is 5.75 Å². The van der Waals surface area contributed by atoms with E-state index in [1.165, 1.54) is 4.90 Å². The van der Waals surface area contributed by atoms with Crippen LogP contribution in [0.4, 0.5) is 5.69 Å². The number of rotatable bonds is 8. The maximum Gasteiger partial charge on any atom is 0.338 e. The van der Waals surface area contributed by atoms with E-state index in [0.29, 0.717) is 23.5 Å². The Labute approximate surface area is 169 Å². The van der Waals surface area contributed by atoms with Crippen LogP contribution >= 0.6 is 0 Å². The van der Waals surface area contributed by atoms with Gasteiger partial charge in [-0.3, -0.25) is 9.59 Å². The second kappa shape index (κ2) is 9.23. The summed E-state index contributed by atoms with van der Waals surface area (Å²) in [7, 11) is 3.21. The van der Waals surface area contributed by atoms with Crippen molar-refractivity contribution < 1.29 is 23.9 Å². The van der Waals surface area contributed by atoms with Gasteiger partial charge in [-0.2, -0.15) is 0 Å².